The third-order valence-corrected chi connectivity index (χ3v) is 2.08. The zero-order valence-electron chi connectivity index (χ0n) is 8.47. The van der Waals surface area contributed by atoms with E-state index in [0.717, 1.165) is 12.1 Å². The number of hydrogen-bond donors (Lipinski definition) is 1. The Morgan fingerprint density at radius 2 is 2.18 bits per heavy atom. The number of aromatic nitrogens is 3. The number of carboxylic acids is 1. The summed E-state index contributed by atoms with van der Waals surface area (Å²) in [5, 5.41) is 12.2. The number of halogens is 2. The van der Waals surface area contributed by atoms with Crippen molar-refractivity contribution in [1.82, 2.24) is 14.8 Å². The molecule has 0 unspecified atom stereocenters. The van der Waals surface area contributed by atoms with Crippen LogP contribution in [0, 0.1) is 11.6 Å². The fourth-order valence-corrected chi connectivity index (χ4v) is 1.29. The zero-order chi connectivity index (χ0) is 12.4. The molecule has 0 aliphatic carbocycles. The maximum Gasteiger partial charge on any atom is 0.375 e. The summed E-state index contributed by atoms with van der Waals surface area (Å²) in [6, 6.07) is 3.14. The number of carbonyl (C=O) groups is 1. The average Bonchev–Trinajstić information content (AvgIpc) is 2.71. The lowest BCUT2D eigenvalue weighted by atomic mass is 10.2. The van der Waals surface area contributed by atoms with E-state index in [1.807, 2.05) is 0 Å². The summed E-state index contributed by atoms with van der Waals surface area (Å²) in [5.41, 5.74) is 0.202. The lowest BCUT2D eigenvalue weighted by Gasteiger charge is -2.02. The second kappa shape index (κ2) is 4.28. The highest BCUT2D eigenvalue weighted by molar-refractivity contribution is 5.82. The third kappa shape index (κ3) is 2.44. The monoisotopic (exact) mass is 239 g/mol. The molecule has 0 fully saturated rings. The predicted octanol–water partition coefficient (Wildman–Crippen LogP) is 1.30. The SMILES string of the molecule is O=C(O)c1ncn(Cc2ccc(F)cc2F)n1. The molecule has 1 N–H and O–H groups in total. The molecule has 0 aliphatic rings. The molecule has 0 aliphatic heterocycles. The van der Waals surface area contributed by atoms with Crippen molar-refractivity contribution in [1.29, 1.82) is 0 Å². The molecule has 2 aromatic rings. The van der Waals surface area contributed by atoms with E-state index in [1.54, 1.807) is 0 Å². The van der Waals surface area contributed by atoms with Gasteiger partial charge in [-0.1, -0.05) is 6.07 Å². The lowest BCUT2D eigenvalue weighted by Crippen LogP contribution is -2.05. The molecule has 1 aromatic carbocycles. The van der Waals surface area contributed by atoms with Crippen LogP contribution in [0.15, 0.2) is 24.5 Å². The highest BCUT2D eigenvalue weighted by Gasteiger charge is 2.10. The summed E-state index contributed by atoms with van der Waals surface area (Å²) in [5.74, 6) is -3.01. The fourth-order valence-electron chi connectivity index (χ4n) is 1.29. The van der Waals surface area contributed by atoms with E-state index in [9.17, 15) is 13.6 Å². The zero-order valence-corrected chi connectivity index (χ0v) is 8.47. The van der Waals surface area contributed by atoms with E-state index in [0.29, 0.717) is 0 Å². The molecule has 5 nitrogen and oxygen atoms in total. The summed E-state index contributed by atoms with van der Waals surface area (Å²) in [4.78, 5) is 14.0. The number of nitrogens with zero attached hydrogens (tertiary/aromatic N) is 3. The Kier molecular flexibility index (Phi) is 2.82. The van der Waals surface area contributed by atoms with Crippen molar-refractivity contribution < 1.29 is 18.7 Å². The van der Waals surface area contributed by atoms with Gasteiger partial charge in [-0.15, -0.1) is 5.10 Å². The van der Waals surface area contributed by atoms with Gasteiger partial charge in [-0.25, -0.2) is 23.2 Å². The van der Waals surface area contributed by atoms with Gasteiger partial charge in [0.2, 0.25) is 0 Å². The van der Waals surface area contributed by atoms with Gasteiger partial charge in [-0.2, -0.15) is 0 Å². The molecule has 2 rings (SSSR count). The molecule has 0 bridgehead atoms. The number of carboxylic acid groups (broad SMARTS) is 1. The maximum absolute atomic E-state index is 13.3. The Morgan fingerprint density at radius 3 is 2.76 bits per heavy atom. The van der Waals surface area contributed by atoms with Crippen molar-refractivity contribution in [3.63, 3.8) is 0 Å². The molecular formula is C10H7F2N3O2. The Hall–Kier alpha value is -2.31. The molecule has 0 radical (unpaired) electrons. The Labute approximate surface area is 94.3 Å². The molecule has 0 saturated carbocycles. The first kappa shape index (κ1) is 11.2. The van der Waals surface area contributed by atoms with Gasteiger partial charge in [0.05, 0.1) is 6.54 Å². The van der Waals surface area contributed by atoms with Crippen LogP contribution in [0.4, 0.5) is 8.78 Å². The van der Waals surface area contributed by atoms with Crippen molar-refractivity contribution in [3.05, 3.63) is 47.5 Å². The Morgan fingerprint density at radius 1 is 1.41 bits per heavy atom. The van der Waals surface area contributed by atoms with Crippen molar-refractivity contribution in [3.8, 4) is 0 Å². The molecule has 17 heavy (non-hydrogen) atoms. The van der Waals surface area contributed by atoms with Crippen LogP contribution in [0.2, 0.25) is 0 Å². The first-order valence-electron chi connectivity index (χ1n) is 4.63. The highest BCUT2D eigenvalue weighted by Crippen LogP contribution is 2.10. The van der Waals surface area contributed by atoms with E-state index < -0.39 is 17.6 Å². The summed E-state index contributed by atoms with van der Waals surface area (Å²) >= 11 is 0. The molecule has 0 amide bonds. The third-order valence-electron chi connectivity index (χ3n) is 2.08. The standard InChI is InChI=1S/C10H7F2N3O2/c11-7-2-1-6(8(12)3-7)4-15-5-13-9(14-15)10(16)17/h1-3,5H,4H2,(H,16,17). The van der Waals surface area contributed by atoms with Gasteiger partial charge < -0.3 is 5.11 Å². The van der Waals surface area contributed by atoms with Crippen LogP contribution in [-0.4, -0.2) is 25.8 Å². The van der Waals surface area contributed by atoms with Gasteiger partial charge in [0.1, 0.15) is 18.0 Å². The molecule has 1 heterocycles. The van der Waals surface area contributed by atoms with E-state index >= 15 is 0 Å². The van der Waals surface area contributed by atoms with Crippen LogP contribution in [-0.2, 0) is 6.54 Å². The second-order valence-corrected chi connectivity index (χ2v) is 3.31. The topological polar surface area (TPSA) is 68.0 Å². The van der Waals surface area contributed by atoms with Crippen LogP contribution in [0.1, 0.15) is 16.2 Å². The Balaban J connectivity index is 2.22. The van der Waals surface area contributed by atoms with Gasteiger partial charge in [0, 0.05) is 11.6 Å². The van der Waals surface area contributed by atoms with Gasteiger partial charge in [0.25, 0.3) is 5.82 Å². The minimum atomic E-state index is -1.26. The van der Waals surface area contributed by atoms with Crippen LogP contribution in [0.3, 0.4) is 0 Å². The smallest absolute Gasteiger partial charge is 0.375 e. The van der Waals surface area contributed by atoms with E-state index in [1.165, 1.54) is 17.1 Å². The Bertz CT molecular complexity index is 568. The number of aromatic carboxylic acids is 1. The van der Waals surface area contributed by atoms with Crippen LogP contribution in [0.5, 0.6) is 0 Å². The predicted molar refractivity (Wildman–Crippen MR) is 52.4 cm³/mol. The molecule has 7 heteroatoms. The summed E-state index contributed by atoms with van der Waals surface area (Å²) < 4.78 is 27.1. The number of benzene rings is 1. The summed E-state index contributed by atoms with van der Waals surface area (Å²) in [6.45, 7) is -0.00755. The first-order chi connectivity index (χ1) is 8.06. The highest BCUT2D eigenvalue weighted by atomic mass is 19.1. The van der Waals surface area contributed by atoms with Crippen LogP contribution < -0.4 is 0 Å². The van der Waals surface area contributed by atoms with Crippen molar-refractivity contribution in [2.45, 2.75) is 6.54 Å². The average molecular weight is 239 g/mol. The fraction of sp³-hybridized carbons (Fsp3) is 0.100. The minimum Gasteiger partial charge on any atom is -0.475 e. The molecule has 0 saturated heterocycles. The molecule has 0 atom stereocenters. The second-order valence-electron chi connectivity index (χ2n) is 3.31. The number of hydrogen-bond acceptors (Lipinski definition) is 3. The molecule has 1 aromatic heterocycles. The van der Waals surface area contributed by atoms with E-state index in [4.69, 9.17) is 5.11 Å². The van der Waals surface area contributed by atoms with E-state index in [2.05, 4.69) is 10.1 Å². The van der Waals surface area contributed by atoms with Crippen LogP contribution >= 0.6 is 0 Å². The van der Waals surface area contributed by atoms with Gasteiger partial charge in [-0.05, 0) is 6.07 Å². The van der Waals surface area contributed by atoms with Crippen molar-refractivity contribution in [2.75, 3.05) is 0 Å². The van der Waals surface area contributed by atoms with Gasteiger partial charge in [0.15, 0.2) is 0 Å². The number of rotatable bonds is 3. The first-order valence-corrected chi connectivity index (χ1v) is 4.63. The quantitative estimate of drug-likeness (QED) is 0.876. The summed E-state index contributed by atoms with van der Waals surface area (Å²) in [7, 11) is 0. The minimum absolute atomic E-state index is 0.00755. The van der Waals surface area contributed by atoms with Crippen molar-refractivity contribution in [2.24, 2.45) is 0 Å². The van der Waals surface area contributed by atoms with Gasteiger partial charge >= 0.3 is 5.97 Å². The molecule has 0 spiro atoms. The molecule has 88 valence electrons. The van der Waals surface area contributed by atoms with E-state index in [-0.39, 0.29) is 17.9 Å². The maximum atomic E-state index is 13.3. The van der Waals surface area contributed by atoms with Gasteiger partial charge in [-0.3, -0.25) is 0 Å². The normalized spacial score (nSPS) is 10.5. The van der Waals surface area contributed by atoms with Crippen LogP contribution in [0.25, 0.3) is 0 Å². The largest absolute Gasteiger partial charge is 0.475 e. The van der Waals surface area contributed by atoms with Crippen molar-refractivity contribution >= 4 is 5.97 Å². The molecular weight excluding hydrogens is 232 g/mol. The summed E-state index contributed by atoms with van der Waals surface area (Å²) in [6.07, 6.45) is 1.17. The lowest BCUT2D eigenvalue weighted by molar-refractivity contribution is 0.0683.